The van der Waals surface area contributed by atoms with Crippen LogP contribution < -0.4 is 10.1 Å². The molecule has 2 fully saturated rings. The lowest BCUT2D eigenvalue weighted by Gasteiger charge is -2.19. The van der Waals surface area contributed by atoms with Gasteiger partial charge in [-0.1, -0.05) is 23.7 Å². The van der Waals surface area contributed by atoms with Crippen molar-refractivity contribution in [3.8, 4) is 11.5 Å². The van der Waals surface area contributed by atoms with E-state index in [2.05, 4.69) is 22.5 Å². The standard InChI is InChI=1S/C25H25ClN4O4/c26-19-3-7-22(8-4-19)34-21-5-1-16(2-6-21)13-27-20-11-17-14-29(15-18(17)12-20)25(33)30-10-9-23(28-30)24(31)32/h1-10,17-18,20,27H,11-15H2,(H,31,32)/t17-,18+,20-. The van der Waals surface area contributed by atoms with E-state index in [1.807, 2.05) is 24.3 Å². The first-order chi connectivity index (χ1) is 16.4. The van der Waals surface area contributed by atoms with Crippen LogP contribution in [-0.4, -0.2) is 50.9 Å². The fourth-order valence-corrected chi connectivity index (χ4v) is 5.01. The average molecular weight is 481 g/mol. The second-order valence-corrected chi connectivity index (χ2v) is 9.34. The van der Waals surface area contributed by atoms with Gasteiger partial charge in [0.15, 0.2) is 5.69 Å². The third-order valence-electron chi connectivity index (χ3n) is 6.59. The smallest absolute Gasteiger partial charge is 0.356 e. The van der Waals surface area contributed by atoms with Crippen molar-refractivity contribution in [2.75, 3.05) is 13.1 Å². The number of carbonyl (C=O) groups is 2. The summed E-state index contributed by atoms with van der Waals surface area (Å²) in [4.78, 5) is 25.4. The highest BCUT2D eigenvalue weighted by Gasteiger charge is 2.42. The number of carboxylic acid groups (broad SMARTS) is 1. The number of hydrogen-bond donors (Lipinski definition) is 2. The molecule has 1 aliphatic carbocycles. The van der Waals surface area contributed by atoms with Crippen LogP contribution in [0.25, 0.3) is 0 Å². The van der Waals surface area contributed by atoms with Crippen molar-refractivity contribution >= 4 is 23.6 Å². The summed E-state index contributed by atoms with van der Waals surface area (Å²) in [5, 5.41) is 17.2. The van der Waals surface area contributed by atoms with Gasteiger partial charge in [0.2, 0.25) is 0 Å². The minimum absolute atomic E-state index is 0.124. The molecule has 0 unspecified atom stereocenters. The maximum Gasteiger partial charge on any atom is 0.356 e. The van der Waals surface area contributed by atoms with E-state index in [1.54, 1.807) is 17.0 Å². The van der Waals surface area contributed by atoms with E-state index in [-0.39, 0.29) is 11.7 Å². The summed E-state index contributed by atoms with van der Waals surface area (Å²) in [6.45, 7) is 2.14. The molecular formula is C25H25ClN4O4. The third-order valence-corrected chi connectivity index (χ3v) is 6.85. The van der Waals surface area contributed by atoms with Gasteiger partial charge in [-0.05, 0) is 72.7 Å². The Kier molecular flexibility index (Phi) is 6.26. The number of fused-ring (bicyclic) bond motifs is 1. The zero-order valence-electron chi connectivity index (χ0n) is 18.4. The van der Waals surface area contributed by atoms with Crippen LogP contribution in [0.4, 0.5) is 4.79 Å². The first kappa shape index (κ1) is 22.4. The summed E-state index contributed by atoms with van der Waals surface area (Å²) in [7, 11) is 0. The topological polar surface area (TPSA) is 96.7 Å². The van der Waals surface area contributed by atoms with Crippen molar-refractivity contribution in [2.45, 2.75) is 25.4 Å². The van der Waals surface area contributed by atoms with Crippen molar-refractivity contribution in [2.24, 2.45) is 11.8 Å². The molecule has 1 amide bonds. The minimum Gasteiger partial charge on any atom is -0.476 e. The van der Waals surface area contributed by atoms with Gasteiger partial charge >= 0.3 is 12.0 Å². The van der Waals surface area contributed by atoms with Crippen LogP contribution in [0, 0.1) is 11.8 Å². The maximum absolute atomic E-state index is 12.7. The Labute approximate surface area is 202 Å². The van der Waals surface area contributed by atoms with Gasteiger partial charge in [-0.3, -0.25) is 0 Å². The summed E-state index contributed by atoms with van der Waals surface area (Å²) in [5.74, 6) is 1.29. The normalized spacial score (nSPS) is 21.4. The molecule has 9 heteroatoms. The van der Waals surface area contributed by atoms with Crippen LogP contribution in [0.1, 0.15) is 28.9 Å². The van der Waals surface area contributed by atoms with Crippen LogP contribution in [0.2, 0.25) is 5.02 Å². The number of amides is 1. The van der Waals surface area contributed by atoms with Gasteiger partial charge in [0.1, 0.15) is 11.5 Å². The van der Waals surface area contributed by atoms with Crippen molar-refractivity contribution in [3.63, 3.8) is 0 Å². The molecule has 176 valence electrons. The van der Waals surface area contributed by atoms with Crippen LogP contribution in [-0.2, 0) is 6.54 Å². The van der Waals surface area contributed by atoms with E-state index in [9.17, 15) is 9.59 Å². The molecule has 34 heavy (non-hydrogen) atoms. The van der Waals surface area contributed by atoms with Crippen molar-refractivity contribution in [3.05, 3.63) is 77.1 Å². The lowest BCUT2D eigenvalue weighted by molar-refractivity contribution is 0.0690. The Bertz CT molecular complexity index is 1160. The van der Waals surface area contributed by atoms with Gasteiger partial charge in [0.25, 0.3) is 0 Å². The SMILES string of the molecule is O=C(O)c1ccn(C(=O)N2C[C@H]3C[C@@H](NCc4ccc(Oc5ccc(Cl)cc5)cc4)C[C@H]3C2)n1. The molecule has 0 bridgehead atoms. The summed E-state index contributed by atoms with van der Waals surface area (Å²) < 4.78 is 6.97. The number of ether oxygens (including phenoxy) is 1. The Morgan fingerprint density at radius 1 is 1.00 bits per heavy atom. The van der Waals surface area contributed by atoms with Crippen molar-refractivity contribution in [1.82, 2.24) is 20.0 Å². The van der Waals surface area contributed by atoms with Crippen LogP contribution in [0.5, 0.6) is 11.5 Å². The Morgan fingerprint density at radius 2 is 1.62 bits per heavy atom. The van der Waals surface area contributed by atoms with Gasteiger partial charge in [0.05, 0.1) is 0 Å². The van der Waals surface area contributed by atoms with Gasteiger partial charge < -0.3 is 20.1 Å². The number of carbonyl (C=O) groups excluding carboxylic acids is 1. The fraction of sp³-hybridized carbons (Fsp3) is 0.320. The monoisotopic (exact) mass is 480 g/mol. The Balaban J connectivity index is 1.08. The molecule has 1 aromatic heterocycles. The molecule has 3 aromatic rings. The number of likely N-dealkylation sites (tertiary alicyclic amines) is 1. The lowest BCUT2D eigenvalue weighted by Crippen LogP contribution is -2.35. The first-order valence-electron chi connectivity index (χ1n) is 11.3. The summed E-state index contributed by atoms with van der Waals surface area (Å²) in [6.07, 6.45) is 3.45. The number of nitrogens with zero attached hydrogens (tertiary/aromatic N) is 3. The van der Waals surface area contributed by atoms with E-state index in [4.69, 9.17) is 21.4 Å². The molecule has 1 aliphatic heterocycles. The predicted molar refractivity (Wildman–Crippen MR) is 126 cm³/mol. The van der Waals surface area contributed by atoms with Gasteiger partial charge in [-0.2, -0.15) is 9.78 Å². The van der Waals surface area contributed by atoms with E-state index in [1.165, 1.54) is 17.8 Å². The van der Waals surface area contributed by atoms with Crippen LogP contribution in [0.3, 0.4) is 0 Å². The molecule has 2 heterocycles. The van der Waals surface area contributed by atoms with Gasteiger partial charge in [-0.15, -0.1) is 0 Å². The van der Waals surface area contributed by atoms with Crippen LogP contribution >= 0.6 is 11.6 Å². The maximum atomic E-state index is 12.7. The number of nitrogens with one attached hydrogen (secondary N) is 1. The number of aromatic nitrogens is 2. The molecule has 0 radical (unpaired) electrons. The molecule has 8 nitrogen and oxygen atoms in total. The minimum atomic E-state index is -1.14. The molecule has 0 spiro atoms. The van der Waals surface area contributed by atoms with Crippen molar-refractivity contribution in [1.29, 1.82) is 0 Å². The number of hydrogen-bond acceptors (Lipinski definition) is 5. The summed E-state index contributed by atoms with van der Waals surface area (Å²) in [6, 6.07) is 16.8. The lowest BCUT2D eigenvalue weighted by atomic mass is 10.0. The molecule has 2 aliphatic rings. The molecule has 3 atom stereocenters. The number of carboxylic acids is 1. The van der Waals surface area contributed by atoms with Crippen molar-refractivity contribution < 1.29 is 19.4 Å². The number of aromatic carboxylic acids is 1. The van der Waals surface area contributed by atoms with E-state index >= 15 is 0 Å². The summed E-state index contributed by atoms with van der Waals surface area (Å²) in [5.41, 5.74) is 1.06. The van der Waals surface area contributed by atoms with E-state index in [0.717, 1.165) is 35.6 Å². The molecule has 1 saturated heterocycles. The highest BCUT2D eigenvalue weighted by Crippen LogP contribution is 2.38. The molecular weight excluding hydrogens is 456 g/mol. The molecule has 5 rings (SSSR count). The number of benzene rings is 2. The van der Waals surface area contributed by atoms with E-state index in [0.29, 0.717) is 36.0 Å². The van der Waals surface area contributed by atoms with Gasteiger partial charge in [-0.25, -0.2) is 9.59 Å². The van der Waals surface area contributed by atoms with Gasteiger partial charge in [0, 0.05) is 36.9 Å². The average Bonchev–Trinajstić information content (AvgIpc) is 3.55. The summed E-state index contributed by atoms with van der Waals surface area (Å²) >= 11 is 5.91. The highest BCUT2D eigenvalue weighted by atomic mass is 35.5. The fourth-order valence-electron chi connectivity index (χ4n) is 4.89. The van der Waals surface area contributed by atoms with Crippen LogP contribution in [0.15, 0.2) is 60.8 Å². The predicted octanol–water partition coefficient (Wildman–Crippen LogP) is 4.50. The Morgan fingerprint density at radius 3 is 2.21 bits per heavy atom. The first-order valence-corrected chi connectivity index (χ1v) is 11.7. The Hall–Kier alpha value is -3.36. The second-order valence-electron chi connectivity index (χ2n) is 8.91. The quantitative estimate of drug-likeness (QED) is 0.539. The zero-order valence-corrected chi connectivity index (χ0v) is 19.2. The highest BCUT2D eigenvalue weighted by molar-refractivity contribution is 6.30. The largest absolute Gasteiger partial charge is 0.476 e. The zero-order chi connectivity index (χ0) is 23.7. The second kappa shape index (κ2) is 9.48. The number of halogens is 1. The molecule has 2 aromatic carbocycles. The third kappa shape index (κ3) is 4.93. The van der Waals surface area contributed by atoms with E-state index < -0.39 is 5.97 Å². The molecule has 1 saturated carbocycles. The number of rotatable bonds is 6. The molecule has 2 N–H and O–H groups in total.